The normalized spacial score (nSPS) is 26.4. The van der Waals surface area contributed by atoms with Gasteiger partial charge in [-0.15, -0.1) is 0 Å². The van der Waals surface area contributed by atoms with Gasteiger partial charge in [0, 0.05) is 25.3 Å². The number of hydrogen-bond acceptors (Lipinski definition) is 3. The van der Waals surface area contributed by atoms with Crippen LogP contribution >= 0.6 is 0 Å². The molecule has 1 aliphatic rings. The van der Waals surface area contributed by atoms with Crippen LogP contribution in [0.4, 0.5) is 5.69 Å². The molecule has 1 saturated heterocycles. The Morgan fingerprint density at radius 1 is 1.53 bits per heavy atom. The molecule has 2 unspecified atom stereocenters. The molecule has 3 heteroatoms. The van der Waals surface area contributed by atoms with Crippen molar-refractivity contribution in [3.05, 3.63) is 24.5 Å². The Balaban J connectivity index is 2.05. The van der Waals surface area contributed by atoms with Crippen LogP contribution < -0.4 is 10.2 Å². The van der Waals surface area contributed by atoms with Crippen molar-refractivity contribution in [1.29, 1.82) is 0 Å². The van der Waals surface area contributed by atoms with Crippen LogP contribution in [0.25, 0.3) is 0 Å². The largest absolute Gasteiger partial charge is 0.370 e. The Bertz CT molecular complexity index is 325. The van der Waals surface area contributed by atoms with E-state index < -0.39 is 0 Å². The smallest absolute Gasteiger partial charge is 0.0552 e. The van der Waals surface area contributed by atoms with Crippen LogP contribution in [-0.4, -0.2) is 30.7 Å². The Hall–Kier alpha value is -1.09. The van der Waals surface area contributed by atoms with Crippen molar-refractivity contribution < 1.29 is 0 Å². The number of nitrogens with zero attached hydrogens (tertiary/aromatic N) is 2. The molecule has 2 atom stereocenters. The van der Waals surface area contributed by atoms with E-state index in [2.05, 4.69) is 35.1 Å². The lowest BCUT2D eigenvalue weighted by Gasteiger charge is -2.33. The van der Waals surface area contributed by atoms with E-state index in [-0.39, 0.29) is 0 Å². The van der Waals surface area contributed by atoms with E-state index in [0.717, 1.165) is 19.6 Å². The molecular weight excluding hydrogens is 210 g/mol. The molecule has 1 fully saturated rings. The summed E-state index contributed by atoms with van der Waals surface area (Å²) in [6, 6.07) is 4.85. The summed E-state index contributed by atoms with van der Waals surface area (Å²) >= 11 is 0. The summed E-state index contributed by atoms with van der Waals surface area (Å²) in [6.07, 6.45) is 6.25. The second-order valence-corrected chi connectivity index (χ2v) is 5.06. The number of pyridine rings is 1. The third-order valence-corrected chi connectivity index (χ3v) is 3.54. The van der Waals surface area contributed by atoms with Crippen molar-refractivity contribution >= 4 is 5.69 Å². The van der Waals surface area contributed by atoms with Crippen molar-refractivity contribution in [2.75, 3.05) is 24.5 Å². The molecule has 2 heterocycles. The van der Waals surface area contributed by atoms with E-state index >= 15 is 0 Å². The van der Waals surface area contributed by atoms with Gasteiger partial charge in [-0.2, -0.15) is 0 Å². The minimum Gasteiger partial charge on any atom is -0.370 e. The molecule has 17 heavy (non-hydrogen) atoms. The second kappa shape index (κ2) is 6.01. The zero-order valence-electron chi connectivity index (χ0n) is 10.9. The highest BCUT2D eigenvalue weighted by molar-refractivity contribution is 5.43. The Kier molecular flexibility index (Phi) is 4.37. The van der Waals surface area contributed by atoms with Gasteiger partial charge in [0.15, 0.2) is 0 Å². The van der Waals surface area contributed by atoms with Gasteiger partial charge in [-0.3, -0.25) is 4.98 Å². The van der Waals surface area contributed by atoms with Crippen LogP contribution in [-0.2, 0) is 0 Å². The topological polar surface area (TPSA) is 28.2 Å². The van der Waals surface area contributed by atoms with Crippen molar-refractivity contribution in [3.63, 3.8) is 0 Å². The minimum absolute atomic E-state index is 0.664. The van der Waals surface area contributed by atoms with Gasteiger partial charge in [0.2, 0.25) is 0 Å². The Labute approximate surface area is 104 Å². The van der Waals surface area contributed by atoms with Crippen molar-refractivity contribution in [2.24, 2.45) is 5.92 Å². The summed E-state index contributed by atoms with van der Waals surface area (Å²) < 4.78 is 0. The lowest BCUT2D eigenvalue weighted by Crippen LogP contribution is -2.43. The van der Waals surface area contributed by atoms with Gasteiger partial charge in [0.05, 0.1) is 11.9 Å². The van der Waals surface area contributed by atoms with Gasteiger partial charge in [0.25, 0.3) is 0 Å². The summed E-state index contributed by atoms with van der Waals surface area (Å²) in [7, 11) is 0. The quantitative estimate of drug-likeness (QED) is 0.849. The minimum atomic E-state index is 0.664. The van der Waals surface area contributed by atoms with E-state index in [4.69, 9.17) is 0 Å². The molecule has 0 radical (unpaired) electrons. The summed E-state index contributed by atoms with van der Waals surface area (Å²) in [6.45, 7) is 7.94. The predicted octanol–water partition coefficient (Wildman–Crippen LogP) is 2.30. The monoisotopic (exact) mass is 233 g/mol. The summed E-state index contributed by atoms with van der Waals surface area (Å²) in [5.41, 5.74) is 1.26. The third kappa shape index (κ3) is 3.43. The maximum absolute atomic E-state index is 4.22. The van der Waals surface area contributed by atoms with Gasteiger partial charge in [0.1, 0.15) is 0 Å². The van der Waals surface area contributed by atoms with Gasteiger partial charge in [-0.25, -0.2) is 0 Å². The molecule has 1 aromatic heterocycles. The van der Waals surface area contributed by atoms with Gasteiger partial charge >= 0.3 is 0 Å². The summed E-state index contributed by atoms with van der Waals surface area (Å²) in [5, 5.41) is 3.65. The first-order valence-electron chi connectivity index (χ1n) is 6.68. The molecule has 1 aliphatic heterocycles. The van der Waals surface area contributed by atoms with E-state index in [1.54, 1.807) is 0 Å². The Morgan fingerprint density at radius 2 is 2.41 bits per heavy atom. The maximum Gasteiger partial charge on any atom is 0.0552 e. The first-order chi connectivity index (χ1) is 8.29. The van der Waals surface area contributed by atoms with Crippen LogP contribution in [0.5, 0.6) is 0 Å². The molecule has 0 aliphatic carbocycles. The van der Waals surface area contributed by atoms with Crippen LogP contribution in [0, 0.1) is 5.92 Å². The van der Waals surface area contributed by atoms with Crippen LogP contribution in [0.2, 0.25) is 0 Å². The molecule has 0 aromatic carbocycles. The second-order valence-electron chi connectivity index (χ2n) is 5.06. The van der Waals surface area contributed by atoms with E-state index in [0.29, 0.717) is 12.0 Å². The highest BCUT2D eigenvalue weighted by Crippen LogP contribution is 2.17. The van der Waals surface area contributed by atoms with Gasteiger partial charge < -0.3 is 10.2 Å². The van der Waals surface area contributed by atoms with Crippen LogP contribution in [0.1, 0.15) is 26.7 Å². The highest BCUT2D eigenvalue weighted by Gasteiger charge is 2.17. The average molecular weight is 233 g/mol. The highest BCUT2D eigenvalue weighted by atomic mass is 15.1. The zero-order valence-corrected chi connectivity index (χ0v) is 10.9. The van der Waals surface area contributed by atoms with Crippen LogP contribution in [0.3, 0.4) is 0 Å². The molecule has 0 bridgehead atoms. The average Bonchev–Trinajstić information content (AvgIpc) is 2.35. The Morgan fingerprint density at radius 3 is 3.12 bits per heavy atom. The molecule has 1 aromatic rings. The fraction of sp³-hybridized carbons (Fsp3) is 0.643. The van der Waals surface area contributed by atoms with E-state index in [1.165, 1.54) is 18.5 Å². The molecule has 0 saturated carbocycles. The summed E-state index contributed by atoms with van der Waals surface area (Å²) in [4.78, 5) is 6.69. The molecule has 0 amide bonds. The SMILES string of the molecule is CCC1CCN(c2cccnc2)CC(C)CN1. The molecule has 3 nitrogen and oxygen atoms in total. The third-order valence-electron chi connectivity index (χ3n) is 3.54. The zero-order chi connectivity index (χ0) is 12.1. The predicted molar refractivity (Wildman–Crippen MR) is 72.3 cm³/mol. The standard InChI is InChI=1S/C14H23N3/c1-3-13-6-8-17(11-12(2)9-16-13)14-5-4-7-15-10-14/h4-5,7,10,12-13,16H,3,6,8-9,11H2,1-2H3. The molecule has 94 valence electrons. The number of anilines is 1. The lowest BCUT2D eigenvalue weighted by atomic mass is 10.0. The lowest BCUT2D eigenvalue weighted by molar-refractivity contribution is 0.388. The molecule has 0 spiro atoms. The van der Waals surface area contributed by atoms with Gasteiger partial charge in [-0.1, -0.05) is 13.8 Å². The molecule has 2 rings (SSSR count). The van der Waals surface area contributed by atoms with Crippen molar-refractivity contribution in [1.82, 2.24) is 10.3 Å². The molecule has 1 N–H and O–H groups in total. The van der Waals surface area contributed by atoms with Crippen LogP contribution in [0.15, 0.2) is 24.5 Å². The number of rotatable bonds is 2. The fourth-order valence-electron chi connectivity index (χ4n) is 2.44. The van der Waals surface area contributed by atoms with Crippen molar-refractivity contribution in [2.45, 2.75) is 32.7 Å². The number of hydrogen-bond donors (Lipinski definition) is 1. The summed E-state index contributed by atoms with van der Waals surface area (Å²) in [5.74, 6) is 0.685. The van der Waals surface area contributed by atoms with E-state index in [1.807, 2.05) is 18.5 Å². The number of aromatic nitrogens is 1. The van der Waals surface area contributed by atoms with E-state index in [9.17, 15) is 0 Å². The van der Waals surface area contributed by atoms with Gasteiger partial charge in [-0.05, 0) is 37.4 Å². The number of nitrogens with one attached hydrogen (secondary N) is 1. The first kappa shape index (κ1) is 12.4. The van der Waals surface area contributed by atoms with Crippen molar-refractivity contribution in [3.8, 4) is 0 Å². The fourth-order valence-corrected chi connectivity index (χ4v) is 2.44. The maximum atomic E-state index is 4.22. The molecular formula is C14H23N3. The first-order valence-corrected chi connectivity index (χ1v) is 6.68.